The molecule has 1 atom stereocenters. The molecule has 0 amide bonds. The fraction of sp³-hybridized carbons (Fsp3) is 0.500. The molecule has 0 spiro atoms. The summed E-state index contributed by atoms with van der Waals surface area (Å²) in [5.41, 5.74) is 2.22. The van der Waals surface area contributed by atoms with Crippen molar-refractivity contribution in [3.05, 3.63) is 48.0 Å². The normalized spacial score (nSPS) is 20.9. The summed E-state index contributed by atoms with van der Waals surface area (Å²) >= 11 is 0. The Bertz CT molecular complexity index is 819. The molecular weight excluding hydrogens is 378 g/mol. The zero-order valence-electron chi connectivity index (χ0n) is 18.1. The molecule has 0 saturated carbocycles. The van der Waals surface area contributed by atoms with Gasteiger partial charge in [-0.05, 0) is 61.9 Å². The number of rotatable bonds is 6. The van der Waals surface area contributed by atoms with Gasteiger partial charge in [-0.25, -0.2) is 0 Å². The van der Waals surface area contributed by atoms with E-state index in [-0.39, 0.29) is 0 Å². The molecule has 2 heterocycles. The van der Waals surface area contributed by atoms with Gasteiger partial charge in [0.2, 0.25) is 0 Å². The molecule has 2 aliphatic rings. The number of ether oxygens (including phenoxy) is 2. The average molecular weight is 412 g/mol. The fourth-order valence-corrected chi connectivity index (χ4v) is 4.67. The van der Waals surface area contributed by atoms with Crippen molar-refractivity contribution >= 4 is 5.69 Å². The third-order valence-electron chi connectivity index (χ3n) is 6.43. The second-order valence-corrected chi connectivity index (χ2v) is 8.25. The number of phenols is 1. The highest BCUT2D eigenvalue weighted by atomic mass is 16.5. The molecule has 0 radical (unpaired) electrons. The van der Waals surface area contributed by atoms with E-state index in [1.54, 1.807) is 26.4 Å². The lowest BCUT2D eigenvalue weighted by atomic mass is 10.0. The first-order chi connectivity index (χ1) is 14.7. The Balaban J connectivity index is 1.32. The quantitative estimate of drug-likeness (QED) is 0.788. The van der Waals surface area contributed by atoms with Crippen molar-refractivity contribution in [3.63, 3.8) is 0 Å². The van der Waals surface area contributed by atoms with Gasteiger partial charge in [0.1, 0.15) is 17.2 Å². The zero-order chi connectivity index (χ0) is 20.9. The van der Waals surface area contributed by atoms with Crippen LogP contribution in [-0.2, 0) is 6.54 Å². The van der Waals surface area contributed by atoms with Gasteiger partial charge in [-0.1, -0.05) is 0 Å². The molecule has 2 aromatic rings. The van der Waals surface area contributed by atoms with Crippen molar-refractivity contribution in [3.8, 4) is 17.2 Å². The van der Waals surface area contributed by atoms with Crippen LogP contribution in [0.4, 0.5) is 5.69 Å². The van der Waals surface area contributed by atoms with E-state index in [0.717, 1.165) is 62.9 Å². The maximum Gasteiger partial charge on any atom is 0.120 e. The van der Waals surface area contributed by atoms with Gasteiger partial charge in [0.25, 0.3) is 0 Å². The van der Waals surface area contributed by atoms with E-state index in [0.29, 0.717) is 11.8 Å². The maximum absolute atomic E-state index is 10.2. The predicted octanol–water partition coefficient (Wildman–Crippen LogP) is 3.20. The highest BCUT2D eigenvalue weighted by Crippen LogP contribution is 2.27. The summed E-state index contributed by atoms with van der Waals surface area (Å²) in [7, 11) is 3.37. The van der Waals surface area contributed by atoms with Crippen LogP contribution in [0.25, 0.3) is 0 Å². The lowest BCUT2D eigenvalue weighted by Gasteiger charge is -2.44. The number of methoxy groups -OCH3 is 2. The molecule has 0 aromatic heterocycles. The van der Waals surface area contributed by atoms with Crippen LogP contribution < -0.4 is 14.4 Å². The van der Waals surface area contributed by atoms with Crippen LogP contribution in [-0.4, -0.2) is 74.4 Å². The van der Waals surface area contributed by atoms with Crippen LogP contribution >= 0.6 is 0 Å². The van der Waals surface area contributed by atoms with Gasteiger partial charge >= 0.3 is 0 Å². The number of hydrogen-bond acceptors (Lipinski definition) is 6. The first-order valence-corrected chi connectivity index (χ1v) is 10.9. The SMILES string of the molecule is COc1ccc(N2CCN(C3CCCN(Cc4cc(OC)ccc4O)C3)CC2)cc1. The number of likely N-dealkylation sites (tertiary alicyclic amines) is 1. The van der Waals surface area contributed by atoms with Crippen LogP contribution in [0.2, 0.25) is 0 Å². The minimum atomic E-state index is 0.353. The van der Waals surface area contributed by atoms with E-state index < -0.39 is 0 Å². The van der Waals surface area contributed by atoms with Gasteiger partial charge in [0, 0.05) is 56.6 Å². The van der Waals surface area contributed by atoms with Crippen molar-refractivity contribution in [2.24, 2.45) is 0 Å². The molecule has 4 rings (SSSR count). The van der Waals surface area contributed by atoms with Gasteiger partial charge < -0.3 is 19.5 Å². The Morgan fingerprint density at radius 1 is 0.900 bits per heavy atom. The molecule has 0 bridgehead atoms. The maximum atomic E-state index is 10.2. The summed E-state index contributed by atoms with van der Waals surface area (Å²) in [5, 5.41) is 10.2. The molecule has 6 heteroatoms. The minimum Gasteiger partial charge on any atom is -0.508 e. The third kappa shape index (κ3) is 4.82. The Morgan fingerprint density at radius 3 is 2.30 bits per heavy atom. The van der Waals surface area contributed by atoms with Crippen LogP contribution in [0.1, 0.15) is 18.4 Å². The average Bonchev–Trinajstić information content (AvgIpc) is 2.81. The van der Waals surface area contributed by atoms with E-state index in [1.165, 1.54) is 18.5 Å². The van der Waals surface area contributed by atoms with E-state index >= 15 is 0 Å². The van der Waals surface area contributed by atoms with Crippen molar-refractivity contribution in [2.75, 3.05) is 58.4 Å². The summed E-state index contributed by atoms with van der Waals surface area (Å²) in [6, 6.07) is 14.4. The Morgan fingerprint density at radius 2 is 1.60 bits per heavy atom. The monoisotopic (exact) mass is 411 g/mol. The number of piperazine rings is 1. The second kappa shape index (κ2) is 9.58. The summed E-state index contributed by atoms with van der Waals surface area (Å²) in [6.07, 6.45) is 2.46. The fourth-order valence-electron chi connectivity index (χ4n) is 4.67. The largest absolute Gasteiger partial charge is 0.508 e. The standard InChI is InChI=1S/C24H33N3O3/c1-29-22-7-5-20(6-8-22)26-12-14-27(15-13-26)21-4-3-11-25(18-21)17-19-16-23(30-2)9-10-24(19)28/h5-10,16,21,28H,3-4,11-15,17-18H2,1-2H3. The molecule has 2 saturated heterocycles. The Labute approximate surface area is 179 Å². The molecule has 2 aromatic carbocycles. The lowest BCUT2D eigenvalue weighted by Crippen LogP contribution is -2.55. The number of piperidine rings is 1. The first kappa shape index (κ1) is 20.8. The molecule has 6 nitrogen and oxygen atoms in total. The van der Waals surface area contributed by atoms with Gasteiger partial charge in [-0.2, -0.15) is 0 Å². The Hall–Kier alpha value is -2.44. The smallest absolute Gasteiger partial charge is 0.120 e. The minimum absolute atomic E-state index is 0.353. The summed E-state index contributed by atoms with van der Waals surface area (Å²) < 4.78 is 10.6. The van der Waals surface area contributed by atoms with E-state index in [9.17, 15) is 5.11 Å². The summed E-state index contributed by atoms with van der Waals surface area (Å²) in [5.74, 6) is 2.05. The summed E-state index contributed by atoms with van der Waals surface area (Å²) in [4.78, 5) is 7.58. The number of hydrogen-bond donors (Lipinski definition) is 1. The van der Waals surface area contributed by atoms with Crippen LogP contribution in [0.15, 0.2) is 42.5 Å². The van der Waals surface area contributed by atoms with Crippen LogP contribution in [0, 0.1) is 0 Å². The summed E-state index contributed by atoms with van der Waals surface area (Å²) in [6.45, 7) is 7.20. The van der Waals surface area contributed by atoms with Crippen molar-refractivity contribution in [2.45, 2.75) is 25.4 Å². The molecule has 1 unspecified atom stereocenters. The number of benzene rings is 2. The van der Waals surface area contributed by atoms with Crippen LogP contribution in [0.3, 0.4) is 0 Å². The third-order valence-corrected chi connectivity index (χ3v) is 6.43. The van der Waals surface area contributed by atoms with Crippen LogP contribution in [0.5, 0.6) is 17.2 Å². The first-order valence-electron chi connectivity index (χ1n) is 10.9. The molecule has 2 aliphatic heterocycles. The lowest BCUT2D eigenvalue weighted by molar-refractivity contribution is 0.0883. The topological polar surface area (TPSA) is 48.4 Å². The number of nitrogens with zero attached hydrogens (tertiary/aromatic N) is 3. The van der Waals surface area contributed by atoms with E-state index in [1.807, 2.05) is 18.2 Å². The molecule has 2 fully saturated rings. The molecule has 162 valence electrons. The number of aromatic hydroxyl groups is 1. The number of anilines is 1. The van der Waals surface area contributed by atoms with Crippen molar-refractivity contribution < 1.29 is 14.6 Å². The second-order valence-electron chi connectivity index (χ2n) is 8.25. The highest BCUT2D eigenvalue weighted by molar-refractivity contribution is 5.49. The van der Waals surface area contributed by atoms with Gasteiger partial charge in [0.05, 0.1) is 14.2 Å². The van der Waals surface area contributed by atoms with E-state index in [2.05, 4.69) is 26.8 Å². The van der Waals surface area contributed by atoms with Crippen molar-refractivity contribution in [1.82, 2.24) is 9.80 Å². The zero-order valence-corrected chi connectivity index (χ0v) is 18.1. The van der Waals surface area contributed by atoms with Gasteiger partial charge in [0.15, 0.2) is 0 Å². The number of phenolic OH excluding ortho intramolecular Hbond substituents is 1. The molecule has 1 N–H and O–H groups in total. The van der Waals surface area contributed by atoms with Gasteiger partial charge in [-0.3, -0.25) is 9.80 Å². The van der Waals surface area contributed by atoms with Gasteiger partial charge in [-0.15, -0.1) is 0 Å². The molecule has 0 aliphatic carbocycles. The molecular formula is C24H33N3O3. The van der Waals surface area contributed by atoms with Crippen molar-refractivity contribution in [1.29, 1.82) is 0 Å². The predicted molar refractivity (Wildman–Crippen MR) is 120 cm³/mol. The highest BCUT2D eigenvalue weighted by Gasteiger charge is 2.28. The van der Waals surface area contributed by atoms with E-state index in [4.69, 9.17) is 9.47 Å². The Kier molecular flexibility index (Phi) is 6.65. The molecule has 30 heavy (non-hydrogen) atoms.